The number of allylic oxidation sites excluding steroid dienone is 1. The Morgan fingerprint density at radius 1 is 1.67 bits per heavy atom. The van der Waals surface area contributed by atoms with Crippen molar-refractivity contribution in [2.75, 3.05) is 0 Å². The van der Waals surface area contributed by atoms with Gasteiger partial charge in [0.1, 0.15) is 11.7 Å². The highest BCUT2D eigenvalue weighted by Crippen LogP contribution is 2.20. The molecule has 1 unspecified atom stereocenters. The SMILES string of the molecule is O=C=CC1CCCC1=O. The largest absolute Gasteiger partial charge is 0.299 e. The molecule has 0 amide bonds. The van der Waals surface area contributed by atoms with Gasteiger partial charge in [-0.1, -0.05) is 0 Å². The van der Waals surface area contributed by atoms with Gasteiger partial charge in [0.25, 0.3) is 0 Å². The minimum absolute atomic E-state index is 0.109. The zero-order valence-corrected chi connectivity index (χ0v) is 5.09. The van der Waals surface area contributed by atoms with Crippen LogP contribution in [0.15, 0.2) is 6.08 Å². The lowest BCUT2D eigenvalue weighted by molar-refractivity contribution is -0.119. The maximum absolute atomic E-state index is 10.8. The number of hydrogen-bond acceptors (Lipinski definition) is 2. The van der Waals surface area contributed by atoms with Gasteiger partial charge in [-0.05, 0) is 12.8 Å². The standard InChI is InChI=1S/C7H8O2/c8-5-4-6-2-1-3-7(6)9/h4,6H,1-3H2. The van der Waals surface area contributed by atoms with Crippen molar-refractivity contribution in [1.82, 2.24) is 0 Å². The van der Waals surface area contributed by atoms with Crippen LogP contribution < -0.4 is 0 Å². The molecule has 1 rings (SSSR count). The maximum atomic E-state index is 10.8. The summed E-state index contributed by atoms with van der Waals surface area (Å²) in [6.45, 7) is 0. The van der Waals surface area contributed by atoms with Gasteiger partial charge >= 0.3 is 0 Å². The van der Waals surface area contributed by atoms with E-state index in [-0.39, 0.29) is 11.7 Å². The molecular weight excluding hydrogens is 116 g/mol. The average Bonchev–Trinajstić information content (AvgIpc) is 2.18. The highest BCUT2D eigenvalue weighted by Gasteiger charge is 2.21. The predicted molar refractivity (Wildman–Crippen MR) is 32.6 cm³/mol. The molecule has 0 heterocycles. The molecule has 0 bridgehead atoms. The zero-order valence-electron chi connectivity index (χ0n) is 5.09. The molecule has 48 valence electrons. The summed E-state index contributed by atoms with van der Waals surface area (Å²) < 4.78 is 0. The number of hydrogen-bond donors (Lipinski definition) is 0. The molecule has 1 aliphatic rings. The van der Waals surface area contributed by atoms with Gasteiger partial charge in [-0.25, -0.2) is 4.79 Å². The van der Waals surface area contributed by atoms with Crippen LogP contribution >= 0.6 is 0 Å². The Hall–Kier alpha value is -0.880. The van der Waals surface area contributed by atoms with Crippen molar-refractivity contribution in [3.8, 4) is 0 Å². The number of ketones is 1. The fraction of sp³-hybridized carbons (Fsp3) is 0.571. The van der Waals surface area contributed by atoms with Crippen molar-refractivity contribution >= 4 is 11.7 Å². The molecule has 2 heteroatoms. The number of carbonyl (C=O) groups excluding carboxylic acids is 2. The van der Waals surface area contributed by atoms with Gasteiger partial charge in [-0.2, -0.15) is 0 Å². The molecule has 1 saturated carbocycles. The van der Waals surface area contributed by atoms with Gasteiger partial charge in [0, 0.05) is 18.4 Å². The molecule has 0 aromatic heterocycles. The maximum Gasteiger partial charge on any atom is 0.140 e. The monoisotopic (exact) mass is 124 g/mol. The molecule has 0 radical (unpaired) electrons. The van der Waals surface area contributed by atoms with E-state index < -0.39 is 0 Å². The Morgan fingerprint density at radius 2 is 2.44 bits per heavy atom. The van der Waals surface area contributed by atoms with E-state index >= 15 is 0 Å². The van der Waals surface area contributed by atoms with Gasteiger partial charge in [-0.3, -0.25) is 4.79 Å². The fourth-order valence-corrected chi connectivity index (χ4v) is 1.10. The van der Waals surface area contributed by atoms with E-state index in [0.717, 1.165) is 12.8 Å². The molecule has 0 saturated heterocycles. The van der Waals surface area contributed by atoms with Crippen molar-refractivity contribution in [2.45, 2.75) is 19.3 Å². The Kier molecular flexibility index (Phi) is 1.81. The van der Waals surface area contributed by atoms with Gasteiger partial charge < -0.3 is 0 Å². The molecule has 1 fully saturated rings. The Morgan fingerprint density at radius 3 is 2.89 bits per heavy atom. The van der Waals surface area contributed by atoms with Crippen LogP contribution in [0.2, 0.25) is 0 Å². The first kappa shape index (κ1) is 6.24. The minimum atomic E-state index is -0.109. The first-order valence-electron chi connectivity index (χ1n) is 3.08. The minimum Gasteiger partial charge on any atom is -0.299 e. The van der Waals surface area contributed by atoms with Crippen LogP contribution in [0.25, 0.3) is 0 Å². The zero-order chi connectivity index (χ0) is 6.69. The first-order valence-corrected chi connectivity index (χ1v) is 3.08. The summed E-state index contributed by atoms with van der Waals surface area (Å²) in [7, 11) is 0. The highest BCUT2D eigenvalue weighted by molar-refractivity contribution is 5.85. The van der Waals surface area contributed by atoms with Gasteiger partial charge in [0.2, 0.25) is 0 Å². The summed E-state index contributed by atoms with van der Waals surface area (Å²) in [5, 5.41) is 0. The van der Waals surface area contributed by atoms with E-state index in [4.69, 9.17) is 0 Å². The molecule has 2 nitrogen and oxygen atoms in total. The Labute approximate surface area is 53.6 Å². The topological polar surface area (TPSA) is 34.1 Å². The van der Waals surface area contributed by atoms with E-state index in [1.807, 2.05) is 0 Å². The third kappa shape index (κ3) is 1.27. The lowest BCUT2D eigenvalue weighted by atomic mass is 10.1. The summed E-state index contributed by atoms with van der Waals surface area (Å²) in [6, 6.07) is 0. The first-order chi connectivity index (χ1) is 4.34. The van der Waals surface area contributed by atoms with Gasteiger partial charge in [0.05, 0.1) is 0 Å². The van der Waals surface area contributed by atoms with Crippen LogP contribution in [0.5, 0.6) is 0 Å². The molecule has 0 aromatic rings. The molecule has 1 atom stereocenters. The summed E-state index contributed by atoms with van der Waals surface area (Å²) in [4.78, 5) is 20.5. The Bertz CT molecular complexity index is 166. The van der Waals surface area contributed by atoms with E-state index in [1.54, 1.807) is 5.94 Å². The van der Waals surface area contributed by atoms with Crippen molar-refractivity contribution in [3.63, 3.8) is 0 Å². The van der Waals surface area contributed by atoms with Crippen LogP contribution in [-0.4, -0.2) is 11.7 Å². The second kappa shape index (κ2) is 2.60. The van der Waals surface area contributed by atoms with Crippen molar-refractivity contribution in [3.05, 3.63) is 6.08 Å². The van der Waals surface area contributed by atoms with E-state index in [0.29, 0.717) is 6.42 Å². The lowest BCUT2D eigenvalue weighted by Crippen LogP contribution is -2.01. The van der Waals surface area contributed by atoms with E-state index in [9.17, 15) is 9.59 Å². The average molecular weight is 124 g/mol. The molecule has 0 N–H and O–H groups in total. The highest BCUT2D eigenvalue weighted by atomic mass is 16.1. The summed E-state index contributed by atoms with van der Waals surface area (Å²) in [6.07, 6.45) is 3.74. The van der Waals surface area contributed by atoms with Crippen LogP contribution in [0.1, 0.15) is 19.3 Å². The van der Waals surface area contributed by atoms with E-state index in [1.165, 1.54) is 6.08 Å². The fourth-order valence-electron chi connectivity index (χ4n) is 1.10. The summed E-state index contributed by atoms with van der Waals surface area (Å²) in [5.74, 6) is 1.73. The molecule has 0 aliphatic heterocycles. The van der Waals surface area contributed by atoms with Crippen LogP contribution in [0.3, 0.4) is 0 Å². The normalized spacial score (nSPS) is 25.8. The number of Topliss-reactive ketones (excluding diaryl/α,β-unsaturated/α-hetero) is 1. The summed E-state index contributed by atoms with van der Waals surface area (Å²) >= 11 is 0. The molecule has 0 spiro atoms. The van der Waals surface area contributed by atoms with Crippen molar-refractivity contribution in [2.24, 2.45) is 5.92 Å². The van der Waals surface area contributed by atoms with E-state index in [2.05, 4.69) is 0 Å². The smallest absolute Gasteiger partial charge is 0.140 e. The van der Waals surface area contributed by atoms with Crippen molar-refractivity contribution in [1.29, 1.82) is 0 Å². The third-order valence-electron chi connectivity index (χ3n) is 1.62. The second-order valence-corrected chi connectivity index (χ2v) is 2.25. The predicted octanol–water partition coefficient (Wildman–Crippen LogP) is 0.743. The third-order valence-corrected chi connectivity index (χ3v) is 1.62. The molecule has 9 heavy (non-hydrogen) atoms. The molecule has 0 aromatic carbocycles. The lowest BCUT2D eigenvalue weighted by Gasteiger charge is -1.92. The van der Waals surface area contributed by atoms with Gasteiger partial charge in [0.15, 0.2) is 0 Å². The molecule has 1 aliphatic carbocycles. The summed E-state index contributed by atoms with van der Waals surface area (Å²) in [5.41, 5.74) is 0. The van der Waals surface area contributed by atoms with Crippen LogP contribution in [0, 0.1) is 5.92 Å². The molecular formula is C7H8O2. The van der Waals surface area contributed by atoms with Crippen LogP contribution in [-0.2, 0) is 9.59 Å². The second-order valence-electron chi connectivity index (χ2n) is 2.25. The Balaban J connectivity index is 2.59. The quantitative estimate of drug-likeness (QED) is 0.483. The number of rotatable bonds is 1. The van der Waals surface area contributed by atoms with Crippen molar-refractivity contribution < 1.29 is 9.59 Å². The number of carbonyl (C=O) groups is 1. The van der Waals surface area contributed by atoms with Gasteiger partial charge in [-0.15, -0.1) is 0 Å². The van der Waals surface area contributed by atoms with Crippen LogP contribution in [0.4, 0.5) is 0 Å².